The van der Waals surface area contributed by atoms with Gasteiger partial charge in [0.2, 0.25) is 5.91 Å². The number of hydrogen-bond donors (Lipinski definition) is 1. The largest absolute Gasteiger partial charge is 0.379 e. The fraction of sp³-hybridized carbons (Fsp3) is 0.750. The molecule has 1 N–H and O–H groups in total. The number of rotatable bonds is 13. The maximum atomic E-state index is 11.6. The van der Waals surface area contributed by atoms with E-state index in [0.717, 1.165) is 6.42 Å². The number of imide groups is 1. The van der Waals surface area contributed by atoms with E-state index in [-0.39, 0.29) is 38.0 Å². The molecule has 0 spiro atoms. The van der Waals surface area contributed by atoms with Crippen LogP contribution in [-0.4, -0.2) is 61.7 Å². The van der Waals surface area contributed by atoms with Crippen molar-refractivity contribution in [1.29, 1.82) is 0 Å². The number of carbonyl (C=O) groups excluding carboxylic acids is 4. The molecular weight excluding hydrogens is 332 g/mol. The van der Waals surface area contributed by atoms with Crippen LogP contribution in [-0.2, 0) is 33.5 Å². The molecule has 1 rings (SSSR count). The lowest BCUT2D eigenvalue weighted by atomic mass is 10.2. The number of amides is 3. The Morgan fingerprint density at radius 3 is 2.28 bits per heavy atom. The topological polar surface area (TPSA) is 111 Å². The minimum absolute atomic E-state index is 0.0459. The van der Waals surface area contributed by atoms with Crippen LogP contribution in [0.2, 0.25) is 0 Å². The SMILES string of the molecule is CCCOCCOCCNC(=O)CCCC(=O)ON1C(=O)CCC1=O. The summed E-state index contributed by atoms with van der Waals surface area (Å²) in [6, 6.07) is 0. The highest BCUT2D eigenvalue weighted by atomic mass is 16.7. The van der Waals surface area contributed by atoms with Gasteiger partial charge in [-0.3, -0.25) is 14.4 Å². The first-order valence-electron chi connectivity index (χ1n) is 8.53. The van der Waals surface area contributed by atoms with Crippen molar-refractivity contribution in [3.05, 3.63) is 0 Å². The van der Waals surface area contributed by atoms with Gasteiger partial charge in [0.25, 0.3) is 11.8 Å². The van der Waals surface area contributed by atoms with Gasteiger partial charge < -0.3 is 19.6 Å². The van der Waals surface area contributed by atoms with E-state index in [1.54, 1.807) is 0 Å². The molecule has 1 fully saturated rings. The van der Waals surface area contributed by atoms with Gasteiger partial charge in [0, 0.05) is 38.8 Å². The first-order chi connectivity index (χ1) is 12.0. The maximum absolute atomic E-state index is 11.6. The lowest BCUT2D eigenvalue weighted by Crippen LogP contribution is -2.32. The Bertz CT molecular complexity index is 451. The summed E-state index contributed by atoms with van der Waals surface area (Å²) in [5, 5.41) is 3.17. The van der Waals surface area contributed by atoms with Crippen LogP contribution in [0.25, 0.3) is 0 Å². The summed E-state index contributed by atoms with van der Waals surface area (Å²) < 4.78 is 10.5. The third kappa shape index (κ3) is 9.16. The van der Waals surface area contributed by atoms with Crippen molar-refractivity contribution in [1.82, 2.24) is 10.4 Å². The minimum Gasteiger partial charge on any atom is -0.379 e. The van der Waals surface area contributed by atoms with E-state index < -0.39 is 17.8 Å². The Hall–Kier alpha value is -2.00. The van der Waals surface area contributed by atoms with Crippen molar-refractivity contribution in [2.24, 2.45) is 0 Å². The zero-order valence-electron chi connectivity index (χ0n) is 14.6. The molecule has 0 saturated carbocycles. The Labute approximate surface area is 146 Å². The molecule has 0 aliphatic carbocycles. The van der Waals surface area contributed by atoms with E-state index in [2.05, 4.69) is 5.32 Å². The number of ether oxygens (including phenoxy) is 2. The quantitative estimate of drug-likeness (QED) is 0.373. The zero-order chi connectivity index (χ0) is 18.5. The molecule has 9 heteroatoms. The number of nitrogens with zero attached hydrogens (tertiary/aromatic N) is 1. The molecule has 1 aliphatic heterocycles. The smallest absolute Gasteiger partial charge is 0.333 e. The minimum atomic E-state index is -0.702. The van der Waals surface area contributed by atoms with Gasteiger partial charge in [-0.2, -0.15) is 0 Å². The van der Waals surface area contributed by atoms with Gasteiger partial charge in [-0.15, -0.1) is 5.06 Å². The second-order valence-electron chi connectivity index (χ2n) is 5.47. The van der Waals surface area contributed by atoms with E-state index in [9.17, 15) is 19.2 Å². The van der Waals surface area contributed by atoms with Gasteiger partial charge in [-0.1, -0.05) is 6.92 Å². The monoisotopic (exact) mass is 358 g/mol. The fourth-order valence-electron chi connectivity index (χ4n) is 2.02. The molecule has 0 bridgehead atoms. The average molecular weight is 358 g/mol. The summed E-state index contributed by atoms with van der Waals surface area (Å²) in [6.45, 7) is 4.53. The molecule has 142 valence electrons. The van der Waals surface area contributed by atoms with Crippen LogP contribution in [0.1, 0.15) is 45.4 Å². The van der Waals surface area contributed by atoms with Crippen molar-refractivity contribution < 1.29 is 33.5 Å². The standard InChI is InChI=1S/C16H26N2O7/c1-2-9-23-11-12-24-10-8-17-13(19)4-3-5-16(22)25-18-14(20)6-7-15(18)21/h2-12H2,1H3,(H,17,19). The average Bonchev–Trinajstić information content (AvgIpc) is 2.89. The number of hydroxylamine groups is 2. The van der Waals surface area contributed by atoms with E-state index in [0.29, 0.717) is 38.0 Å². The van der Waals surface area contributed by atoms with Crippen LogP contribution in [0.4, 0.5) is 0 Å². The van der Waals surface area contributed by atoms with Crippen LogP contribution in [0.3, 0.4) is 0 Å². The van der Waals surface area contributed by atoms with Gasteiger partial charge in [-0.05, 0) is 12.8 Å². The zero-order valence-corrected chi connectivity index (χ0v) is 14.6. The number of carbonyl (C=O) groups is 4. The second kappa shape index (κ2) is 12.4. The van der Waals surface area contributed by atoms with E-state index in [4.69, 9.17) is 14.3 Å². The highest BCUT2D eigenvalue weighted by Gasteiger charge is 2.32. The Balaban J connectivity index is 1.98. The highest BCUT2D eigenvalue weighted by Crippen LogP contribution is 2.13. The summed E-state index contributed by atoms with van der Waals surface area (Å²) in [5.41, 5.74) is 0. The van der Waals surface area contributed by atoms with Crippen LogP contribution in [0.5, 0.6) is 0 Å². The van der Waals surface area contributed by atoms with E-state index in [1.165, 1.54) is 0 Å². The van der Waals surface area contributed by atoms with E-state index in [1.807, 2.05) is 6.92 Å². The molecule has 0 aromatic heterocycles. The fourth-order valence-corrected chi connectivity index (χ4v) is 2.02. The third-order valence-corrected chi connectivity index (χ3v) is 3.27. The highest BCUT2D eigenvalue weighted by molar-refractivity contribution is 6.01. The molecule has 25 heavy (non-hydrogen) atoms. The summed E-state index contributed by atoms with van der Waals surface area (Å²) >= 11 is 0. The molecule has 1 aliphatic rings. The van der Waals surface area contributed by atoms with Gasteiger partial charge in [0.15, 0.2) is 0 Å². The van der Waals surface area contributed by atoms with Crippen LogP contribution < -0.4 is 5.32 Å². The first-order valence-corrected chi connectivity index (χ1v) is 8.53. The molecule has 0 unspecified atom stereocenters. The lowest BCUT2D eigenvalue weighted by molar-refractivity contribution is -0.197. The van der Waals surface area contributed by atoms with Crippen LogP contribution in [0.15, 0.2) is 0 Å². The lowest BCUT2D eigenvalue weighted by Gasteiger charge is -2.12. The maximum Gasteiger partial charge on any atom is 0.333 e. The second-order valence-corrected chi connectivity index (χ2v) is 5.47. The number of hydrogen-bond acceptors (Lipinski definition) is 7. The van der Waals surface area contributed by atoms with Crippen LogP contribution >= 0.6 is 0 Å². The third-order valence-electron chi connectivity index (χ3n) is 3.27. The molecule has 0 radical (unpaired) electrons. The molecule has 1 heterocycles. The van der Waals surface area contributed by atoms with Crippen molar-refractivity contribution >= 4 is 23.7 Å². The van der Waals surface area contributed by atoms with Crippen molar-refractivity contribution in [3.8, 4) is 0 Å². The first kappa shape index (κ1) is 21.0. The molecule has 0 aromatic rings. The molecule has 0 atom stereocenters. The molecule has 9 nitrogen and oxygen atoms in total. The van der Waals surface area contributed by atoms with Crippen molar-refractivity contribution in [3.63, 3.8) is 0 Å². The number of nitrogens with one attached hydrogen (secondary N) is 1. The summed E-state index contributed by atoms with van der Waals surface area (Å²) in [4.78, 5) is 50.4. The van der Waals surface area contributed by atoms with Crippen molar-refractivity contribution in [2.75, 3.05) is 33.0 Å². The van der Waals surface area contributed by atoms with Gasteiger partial charge >= 0.3 is 5.97 Å². The normalized spacial score (nSPS) is 14.0. The Morgan fingerprint density at radius 1 is 1.00 bits per heavy atom. The van der Waals surface area contributed by atoms with E-state index >= 15 is 0 Å². The Morgan fingerprint density at radius 2 is 1.64 bits per heavy atom. The van der Waals surface area contributed by atoms with Crippen molar-refractivity contribution in [2.45, 2.75) is 45.4 Å². The predicted octanol–water partition coefficient (Wildman–Crippen LogP) is 0.323. The molecule has 3 amide bonds. The molecular formula is C16H26N2O7. The van der Waals surface area contributed by atoms with Crippen LogP contribution in [0, 0.1) is 0 Å². The Kier molecular flexibility index (Phi) is 10.4. The van der Waals surface area contributed by atoms with Gasteiger partial charge in [0.1, 0.15) is 0 Å². The predicted molar refractivity (Wildman–Crippen MR) is 86.0 cm³/mol. The summed E-state index contributed by atoms with van der Waals surface area (Å²) in [7, 11) is 0. The van der Waals surface area contributed by atoms with Gasteiger partial charge in [0.05, 0.1) is 19.8 Å². The summed E-state index contributed by atoms with van der Waals surface area (Å²) in [5.74, 6) is -1.94. The molecule has 0 aromatic carbocycles. The summed E-state index contributed by atoms with van der Waals surface area (Å²) in [6.07, 6.45) is 1.45. The molecule has 1 saturated heterocycles. The van der Waals surface area contributed by atoms with Gasteiger partial charge in [-0.25, -0.2) is 4.79 Å².